The Hall–Kier alpha value is -1.46. The summed E-state index contributed by atoms with van der Waals surface area (Å²) in [5.41, 5.74) is 2.95. The Morgan fingerprint density at radius 3 is 2.88 bits per heavy atom. The van der Waals surface area contributed by atoms with Crippen LogP contribution in [0.15, 0.2) is 29.4 Å². The van der Waals surface area contributed by atoms with Gasteiger partial charge in [-0.15, -0.1) is 0 Å². The summed E-state index contributed by atoms with van der Waals surface area (Å²) in [5, 5.41) is 11.8. The van der Waals surface area contributed by atoms with E-state index in [-0.39, 0.29) is 19.0 Å². The van der Waals surface area contributed by atoms with Crippen LogP contribution in [0.4, 0.5) is 4.39 Å². The molecule has 0 saturated carbocycles. The molecule has 0 saturated heterocycles. The molecule has 1 aromatic carbocycles. The first-order valence-corrected chi connectivity index (χ1v) is 5.06. The molecule has 0 aliphatic heterocycles. The average molecular weight is 228 g/mol. The molecule has 2 N–H and O–H groups in total. The highest BCUT2D eigenvalue weighted by molar-refractivity contribution is 5.57. The van der Waals surface area contributed by atoms with Crippen LogP contribution >= 0.6 is 0 Å². The lowest BCUT2D eigenvalue weighted by atomic mass is 10.2. The summed E-state index contributed by atoms with van der Waals surface area (Å²) in [5.74, 6) is -0.301. The largest absolute Gasteiger partial charge is 0.391 e. The van der Waals surface area contributed by atoms with Crippen molar-refractivity contribution >= 4 is 6.21 Å². The van der Waals surface area contributed by atoms with E-state index in [9.17, 15) is 4.39 Å². The van der Waals surface area contributed by atoms with Crippen molar-refractivity contribution in [1.82, 2.24) is 5.59 Å². The minimum absolute atomic E-state index is 0.156. The van der Waals surface area contributed by atoms with Crippen molar-refractivity contribution in [2.24, 2.45) is 5.10 Å². The van der Waals surface area contributed by atoms with Crippen molar-refractivity contribution in [1.29, 1.82) is 0 Å². The molecule has 0 heterocycles. The maximum absolute atomic E-state index is 12.7. The molecular formula is C11H17FN2O2. The Morgan fingerprint density at radius 1 is 1.50 bits per heavy atom. The van der Waals surface area contributed by atoms with E-state index in [1.807, 2.05) is 13.8 Å². The van der Waals surface area contributed by atoms with Crippen molar-refractivity contribution < 1.29 is 14.3 Å². The van der Waals surface area contributed by atoms with Gasteiger partial charge in [0.1, 0.15) is 12.4 Å². The second-order valence-corrected chi connectivity index (χ2v) is 2.50. The number of hydrazone groups is 1. The summed E-state index contributed by atoms with van der Waals surface area (Å²) in [6.07, 6.45) is 1.24. The molecule has 0 radical (unpaired) electrons. The Morgan fingerprint density at radius 2 is 2.25 bits per heavy atom. The fourth-order valence-corrected chi connectivity index (χ4v) is 0.858. The van der Waals surface area contributed by atoms with Crippen molar-refractivity contribution in [3.05, 3.63) is 35.6 Å². The normalized spacial score (nSPS) is 9.75. The van der Waals surface area contributed by atoms with Gasteiger partial charge in [-0.3, -0.25) is 4.84 Å². The highest BCUT2D eigenvalue weighted by atomic mass is 19.1. The molecule has 90 valence electrons. The van der Waals surface area contributed by atoms with Gasteiger partial charge in [0, 0.05) is 0 Å². The molecule has 5 heteroatoms. The maximum Gasteiger partial charge on any atom is 0.123 e. The van der Waals surface area contributed by atoms with Crippen molar-refractivity contribution in [2.45, 2.75) is 20.5 Å². The number of aliphatic hydroxyl groups excluding tert-OH is 1. The molecule has 0 atom stereocenters. The Labute approximate surface area is 94.7 Å². The van der Waals surface area contributed by atoms with Crippen LogP contribution in [-0.2, 0) is 11.4 Å². The topological polar surface area (TPSA) is 53.9 Å². The van der Waals surface area contributed by atoms with Gasteiger partial charge in [-0.25, -0.2) is 4.39 Å². The summed E-state index contributed by atoms with van der Waals surface area (Å²) in [6, 6.07) is 6.07. The molecule has 4 nitrogen and oxygen atoms in total. The number of benzene rings is 1. The molecule has 0 aliphatic rings. The molecule has 0 bridgehead atoms. The SMILES string of the molecule is CC.OC/C=N/NOCc1cccc(F)c1. The number of halogens is 1. The van der Waals surface area contributed by atoms with Crippen LogP contribution in [0.1, 0.15) is 19.4 Å². The molecule has 16 heavy (non-hydrogen) atoms. The predicted octanol–water partition coefficient (Wildman–Crippen LogP) is 1.85. The van der Waals surface area contributed by atoms with Crippen molar-refractivity contribution in [3.8, 4) is 0 Å². The van der Waals surface area contributed by atoms with Crippen LogP contribution in [0.25, 0.3) is 0 Å². The van der Waals surface area contributed by atoms with E-state index in [4.69, 9.17) is 9.94 Å². The third kappa shape index (κ3) is 6.92. The lowest BCUT2D eigenvalue weighted by Crippen LogP contribution is -2.07. The first kappa shape index (κ1) is 14.5. The van der Waals surface area contributed by atoms with Crippen LogP contribution in [0.3, 0.4) is 0 Å². The van der Waals surface area contributed by atoms with E-state index < -0.39 is 0 Å². The van der Waals surface area contributed by atoms with Gasteiger partial charge in [0.15, 0.2) is 0 Å². The van der Waals surface area contributed by atoms with Gasteiger partial charge < -0.3 is 5.11 Å². The van der Waals surface area contributed by atoms with Crippen LogP contribution in [-0.4, -0.2) is 17.9 Å². The Kier molecular flexibility index (Phi) is 9.15. The van der Waals surface area contributed by atoms with E-state index in [0.717, 1.165) is 0 Å². The summed E-state index contributed by atoms with van der Waals surface area (Å²) in [6.45, 7) is 4.05. The summed E-state index contributed by atoms with van der Waals surface area (Å²) in [7, 11) is 0. The lowest BCUT2D eigenvalue weighted by molar-refractivity contribution is 0.0298. The van der Waals surface area contributed by atoms with Crippen LogP contribution in [0, 0.1) is 5.82 Å². The number of hydrogen-bond acceptors (Lipinski definition) is 4. The third-order valence-corrected chi connectivity index (χ3v) is 1.42. The molecular weight excluding hydrogens is 211 g/mol. The molecule has 1 rings (SSSR count). The van der Waals surface area contributed by atoms with E-state index in [0.29, 0.717) is 5.56 Å². The minimum Gasteiger partial charge on any atom is -0.391 e. The Bertz CT molecular complexity index is 306. The maximum atomic E-state index is 12.7. The fourth-order valence-electron chi connectivity index (χ4n) is 0.858. The fraction of sp³-hybridized carbons (Fsp3) is 0.364. The summed E-state index contributed by atoms with van der Waals surface area (Å²) in [4.78, 5) is 4.85. The zero-order valence-corrected chi connectivity index (χ0v) is 9.48. The van der Waals surface area contributed by atoms with Gasteiger partial charge in [-0.2, -0.15) is 10.7 Å². The molecule has 0 fully saturated rings. The number of hydrogen-bond donors (Lipinski definition) is 2. The lowest BCUT2D eigenvalue weighted by Gasteiger charge is -2.01. The van der Waals surface area contributed by atoms with E-state index >= 15 is 0 Å². The van der Waals surface area contributed by atoms with E-state index in [1.165, 1.54) is 18.3 Å². The second-order valence-electron chi connectivity index (χ2n) is 2.50. The van der Waals surface area contributed by atoms with Gasteiger partial charge in [0.2, 0.25) is 0 Å². The number of nitrogens with zero attached hydrogens (tertiary/aromatic N) is 1. The summed E-state index contributed by atoms with van der Waals surface area (Å²) >= 11 is 0. The quantitative estimate of drug-likeness (QED) is 0.459. The van der Waals surface area contributed by atoms with Crippen LogP contribution < -0.4 is 5.59 Å². The van der Waals surface area contributed by atoms with E-state index in [1.54, 1.807) is 12.1 Å². The molecule has 0 aliphatic carbocycles. The standard InChI is InChI=1S/C9H11FN2O2.C2H6/c10-9-3-1-2-8(6-9)7-14-12-11-4-5-13;1-2/h1-4,6,12-13H,5,7H2;1-2H3/b11-4+;. The first-order chi connectivity index (χ1) is 7.83. The zero-order valence-electron chi connectivity index (χ0n) is 9.48. The molecule has 0 unspecified atom stereocenters. The predicted molar refractivity (Wildman–Crippen MR) is 61.3 cm³/mol. The number of rotatable bonds is 5. The number of nitrogens with one attached hydrogen (secondary N) is 1. The van der Waals surface area contributed by atoms with Crippen LogP contribution in [0.2, 0.25) is 0 Å². The van der Waals surface area contributed by atoms with Gasteiger partial charge in [-0.1, -0.05) is 26.0 Å². The molecule has 1 aromatic rings. The molecule has 0 amide bonds. The minimum atomic E-state index is -0.301. The first-order valence-electron chi connectivity index (χ1n) is 5.06. The Balaban J connectivity index is 0.00000106. The monoisotopic (exact) mass is 228 g/mol. The third-order valence-electron chi connectivity index (χ3n) is 1.42. The van der Waals surface area contributed by atoms with Crippen LogP contribution in [0.5, 0.6) is 0 Å². The second kappa shape index (κ2) is 10.1. The van der Waals surface area contributed by atoms with Crippen molar-refractivity contribution in [2.75, 3.05) is 6.61 Å². The average Bonchev–Trinajstić information content (AvgIpc) is 2.32. The zero-order chi connectivity index (χ0) is 12.2. The molecule has 0 aromatic heterocycles. The molecule has 0 spiro atoms. The number of aliphatic hydroxyl groups is 1. The van der Waals surface area contributed by atoms with Gasteiger partial charge in [-0.05, 0) is 17.7 Å². The van der Waals surface area contributed by atoms with Gasteiger partial charge >= 0.3 is 0 Å². The van der Waals surface area contributed by atoms with Gasteiger partial charge in [0.25, 0.3) is 0 Å². The highest BCUT2D eigenvalue weighted by Gasteiger charge is 1.94. The van der Waals surface area contributed by atoms with Gasteiger partial charge in [0.05, 0.1) is 12.8 Å². The van der Waals surface area contributed by atoms with Crippen molar-refractivity contribution in [3.63, 3.8) is 0 Å². The smallest absolute Gasteiger partial charge is 0.123 e. The highest BCUT2D eigenvalue weighted by Crippen LogP contribution is 2.03. The van der Waals surface area contributed by atoms with E-state index in [2.05, 4.69) is 10.7 Å². The summed E-state index contributed by atoms with van der Waals surface area (Å²) < 4.78 is 12.7.